The number of rotatable bonds is 1. The van der Waals surface area contributed by atoms with E-state index in [4.69, 9.17) is 0 Å². The van der Waals surface area contributed by atoms with Crippen LogP contribution in [0.15, 0.2) is 54.6 Å². The average Bonchev–Trinajstić information content (AvgIpc) is 2.76. The number of hydrogen-bond acceptors (Lipinski definition) is 0. The number of alkyl halides is 3. The van der Waals surface area contributed by atoms with Crippen molar-refractivity contribution in [1.82, 2.24) is 4.57 Å². The molecule has 0 spiro atoms. The van der Waals surface area contributed by atoms with Gasteiger partial charge in [0.15, 0.2) is 0 Å². The molecule has 2 aromatic carbocycles. The van der Waals surface area contributed by atoms with Gasteiger partial charge in [-0.3, -0.25) is 0 Å². The lowest BCUT2D eigenvalue weighted by Gasteiger charge is -2.08. The average molecular weight is 275 g/mol. The Morgan fingerprint density at radius 1 is 0.900 bits per heavy atom. The van der Waals surface area contributed by atoms with Gasteiger partial charge in [-0.1, -0.05) is 30.3 Å². The van der Waals surface area contributed by atoms with Crippen LogP contribution in [0.3, 0.4) is 0 Å². The summed E-state index contributed by atoms with van der Waals surface area (Å²) in [6.45, 7) is 0. The zero-order valence-corrected chi connectivity index (χ0v) is 10.8. The van der Waals surface area contributed by atoms with Crippen molar-refractivity contribution in [2.45, 2.75) is 6.18 Å². The molecular weight excluding hydrogens is 263 g/mol. The highest BCUT2D eigenvalue weighted by Gasteiger charge is 2.30. The summed E-state index contributed by atoms with van der Waals surface area (Å²) in [5.74, 6) is 0. The van der Waals surface area contributed by atoms with Crippen molar-refractivity contribution in [2.75, 3.05) is 0 Å². The maximum atomic E-state index is 12.6. The first-order valence-corrected chi connectivity index (χ1v) is 6.19. The highest BCUT2D eigenvalue weighted by Crippen LogP contribution is 2.32. The number of nitrogens with zero attached hydrogens (tertiary/aromatic N) is 1. The summed E-state index contributed by atoms with van der Waals surface area (Å²) in [7, 11) is 1.91. The number of hydrogen-bond donors (Lipinski definition) is 0. The van der Waals surface area contributed by atoms with Crippen LogP contribution in [0.4, 0.5) is 13.2 Å². The van der Waals surface area contributed by atoms with Crippen LogP contribution in [0.25, 0.3) is 22.2 Å². The van der Waals surface area contributed by atoms with Gasteiger partial charge in [0.1, 0.15) is 0 Å². The van der Waals surface area contributed by atoms with Gasteiger partial charge in [-0.25, -0.2) is 0 Å². The normalized spacial score (nSPS) is 12.0. The van der Waals surface area contributed by atoms with Gasteiger partial charge in [0.2, 0.25) is 0 Å². The van der Waals surface area contributed by atoms with Crippen LogP contribution in [-0.2, 0) is 13.2 Å². The zero-order chi connectivity index (χ0) is 14.3. The molecule has 1 heterocycles. The lowest BCUT2D eigenvalue weighted by Crippen LogP contribution is -2.04. The van der Waals surface area contributed by atoms with Crippen molar-refractivity contribution in [1.29, 1.82) is 0 Å². The molecule has 3 aromatic rings. The third-order valence-corrected chi connectivity index (χ3v) is 3.46. The summed E-state index contributed by atoms with van der Waals surface area (Å²) >= 11 is 0. The molecule has 3 rings (SSSR count). The fraction of sp³-hybridized carbons (Fsp3) is 0.125. The summed E-state index contributed by atoms with van der Waals surface area (Å²) in [5.41, 5.74) is 2.11. The van der Waals surface area contributed by atoms with Gasteiger partial charge in [-0.15, -0.1) is 0 Å². The lowest BCUT2D eigenvalue weighted by atomic mass is 10.1. The SMILES string of the molecule is Cn1c(-c2ccc(C(F)(F)F)cc2)cc2ccccc21. The van der Waals surface area contributed by atoms with Gasteiger partial charge in [-0.2, -0.15) is 13.2 Å². The molecular formula is C16H12F3N. The number of aryl methyl sites for hydroxylation is 1. The standard InChI is InChI=1S/C16H12F3N/c1-20-14-5-3-2-4-12(14)10-15(20)11-6-8-13(9-7-11)16(17,18)19/h2-10H,1H3. The molecule has 0 amide bonds. The Morgan fingerprint density at radius 2 is 1.55 bits per heavy atom. The van der Waals surface area contributed by atoms with Crippen LogP contribution < -0.4 is 0 Å². The van der Waals surface area contributed by atoms with Gasteiger partial charge in [0.05, 0.1) is 5.56 Å². The Hall–Kier alpha value is -2.23. The van der Waals surface area contributed by atoms with Crippen molar-refractivity contribution >= 4 is 10.9 Å². The molecule has 0 aliphatic heterocycles. The second kappa shape index (κ2) is 4.40. The summed E-state index contributed by atoms with van der Waals surface area (Å²) in [6.07, 6.45) is -4.29. The molecule has 0 radical (unpaired) electrons. The number of benzene rings is 2. The first kappa shape index (κ1) is 12.8. The maximum Gasteiger partial charge on any atom is 0.416 e. The van der Waals surface area contributed by atoms with Crippen molar-refractivity contribution < 1.29 is 13.2 Å². The summed E-state index contributed by atoms with van der Waals surface area (Å²) in [4.78, 5) is 0. The van der Waals surface area contributed by atoms with Crippen LogP contribution in [0.1, 0.15) is 5.56 Å². The third kappa shape index (κ3) is 2.07. The van der Waals surface area contributed by atoms with E-state index in [0.717, 1.165) is 34.3 Å². The number of fused-ring (bicyclic) bond motifs is 1. The van der Waals surface area contributed by atoms with E-state index in [-0.39, 0.29) is 0 Å². The van der Waals surface area contributed by atoms with Crippen molar-refractivity contribution in [2.24, 2.45) is 7.05 Å². The minimum atomic E-state index is -4.29. The second-order valence-corrected chi connectivity index (χ2v) is 4.72. The fourth-order valence-electron chi connectivity index (χ4n) is 2.40. The van der Waals surface area contributed by atoms with Crippen LogP contribution in [0.2, 0.25) is 0 Å². The van der Waals surface area contributed by atoms with Gasteiger partial charge in [0.25, 0.3) is 0 Å². The highest BCUT2D eigenvalue weighted by atomic mass is 19.4. The quantitative estimate of drug-likeness (QED) is 0.597. The van der Waals surface area contributed by atoms with Crippen molar-refractivity contribution in [3.05, 3.63) is 60.2 Å². The van der Waals surface area contributed by atoms with Crippen LogP contribution in [-0.4, -0.2) is 4.57 Å². The minimum Gasteiger partial charge on any atom is -0.344 e. The van der Waals surface area contributed by atoms with E-state index in [1.54, 1.807) is 0 Å². The number of aromatic nitrogens is 1. The van der Waals surface area contributed by atoms with Gasteiger partial charge in [0, 0.05) is 23.6 Å². The molecule has 0 unspecified atom stereocenters. The molecule has 102 valence electrons. The van der Waals surface area contributed by atoms with Gasteiger partial charge in [-0.05, 0) is 29.8 Å². The maximum absolute atomic E-state index is 12.6. The van der Waals surface area contributed by atoms with Crippen molar-refractivity contribution in [3.63, 3.8) is 0 Å². The van der Waals surface area contributed by atoms with Crippen molar-refractivity contribution in [3.8, 4) is 11.3 Å². The van der Waals surface area contributed by atoms with Gasteiger partial charge < -0.3 is 4.57 Å². The highest BCUT2D eigenvalue weighted by molar-refractivity contribution is 5.86. The molecule has 4 heteroatoms. The molecule has 0 aliphatic carbocycles. The molecule has 0 bridgehead atoms. The van der Waals surface area contributed by atoms with E-state index < -0.39 is 11.7 Å². The number of para-hydroxylation sites is 1. The van der Waals surface area contributed by atoms with E-state index in [9.17, 15) is 13.2 Å². The molecule has 0 atom stereocenters. The molecule has 0 aliphatic rings. The molecule has 20 heavy (non-hydrogen) atoms. The number of halogens is 3. The molecule has 1 nitrogen and oxygen atoms in total. The van der Waals surface area contributed by atoms with Crippen LogP contribution in [0.5, 0.6) is 0 Å². The Kier molecular flexibility index (Phi) is 2.82. The monoisotopic (exact) mass is 275 g/mol. The zero-order valence-electron chi connectivity index (χ0n) is 10.8. The minimum absolute atomic E-state index is 0.625. The van der Waals surface area contributed by atoms with Crippen LogP contribution >= 0.6 is 0 Å². The first-order valence-electron chi connectivity index (χ1n) is 6.19. The molecule has 1 aromatic heterocycles. The topological polar surface area (TPSA) is 4.93 Å². The Labute approximate surface area is 114 Å². The molecule has 0 fully saturated rings. The predicted molar refractivity (Wildman–Crippen MR) is 73.4 cm³/mol. The molecule has 0 saturated carbocycles. The Morgan fingerprint density at radius 3 is 2.15 bits per heavy atom. The first-order chi connectivity index (χ1) is 9.47. The smallest absolute Gasteiger partial charge is 0.344 e. The fourth-order valence-corrected chi connectivity index (χ4v) is 2.40. The second-order valence-electron chi connectivity index (χ2n) is 4.72. The van der Waals surface area contributed by atoms with E-state index in [1.165, 1.54) is 12.1 Å². The lowest BCUT2D eigenvalue weighted by molar-refractivity contribution is -0.137. The van der Waals surface area contributed by atoms with E-state index in [1.807, 2.05) is 41.9 Å². The summed E-state index contributed by atoms with van der Waals surface area (Å²) in [6, 6.07) is 15.1. The van der Waals surface area contributed by atoms with E-state index in [0.29, 0.717) is 0 Å². The van der Waals surface area contributed by atoms with Gasteiger partial charge >= 0.3 is 6.18 Å². The molecule has 0 N–H and O–H groups in total. The Balaban J connectivity index is 2.09. The summed E-state index contributed by atoms with van der Waals surface area (Å²) < 4.78 is 39.7. The van der Waals surface area contributed by atoms with E-state index >= 15 is 0 Å². The summed E-state index contributed by atoms with van der Waals surface area (Å²) in [5, 5.41) is 1.07. The largest absolute Gasteiger partial charge is 0.416 e. The Bertz CT molecular complexity index is 751. The predicted octanol–water partition coefficient (Wildman–Crippen LogP) is 4.86. The molecule has 0 saturated heterocycles. The third-order valence-electron chi connectivity index (χ3n) is 3.46. The van der Waals surface area contributed by atoms with E-state index in [2.05, 4.69) is 0 Å². The van der Waals surface area contributed by atoms with Crippen LogP contribution in [0, 0.1) is 0 Å².